The molecule has 1 atom stereocenters. The van der Waals surface area contributed by atoms with Crippen molar-refractivity contribution < 1.29 is 4.74 Å². The molecule has 0 unspecified atom stereocenters. The molecular formula is C18H21NO. The lowest BCUT2D eigenvalue weighted by Crippen LogP contribution is -2.21. The lowest BCUT2D eigenvalue weighted by Gasteiger charge is -2.14. The second-order valence-corrected chi connectivity index (χ2v) is 5.38. The van der Waals surface area contributed by atoms with E-state index in [1.807, 2.05) is 0 Å². The summed E-state index contributed by atoms with van der Waals surface area (Å²) in [4.78, 5) is 0. The van der Waals surface area contributed by atoms with Gasteiger partial charge in [-0.3, -0.25) is 0 Å². The molecule has 2 aromatic rings. The molecular weight excluding hydrogens is 246 g/mol. The largest absolute Gasteiger partial charge is 0.493 e. The first-order valence-corrected chi connectivity index (χ1v) is 7.36. The summed E-state index contributed by atoms with van der Waals surface area (Å²) in [5, 5.41) is 3.58. The van der Waals surface area contributed by atoms with Crippen LogP contribution in [-0.4, -0.2) is 13.2 Å². The molecule has 104 valence electrons. The molecule has 0 amide bonds. The zero-order valence-corrected chi connectivity index (χ0v) is 11.9. The van der Waals surface area contributed by atoms with Crippen molar-refractivity contribution in [2.24, 2.45) is 0 Å². The monoisotopic (exact) mass is 267 g/mol. The maximum Gasteiger partial charge on any atom is 0.122 e. The molecule has 2 nitrogen and oxygen atoms in total. The third-order valence-electron chi connectivity index (χ3n) is 3.92. The van der Waals surface area contributed by atoms with Crippen LogP contribution in [0, 0.1) is 0 Å². The van der Waals surface area contributed by atoms with Crippen LogP contribution in [0.5, 0.6) is 5.75 Å². The molecule has 3 rings (SSSR count). The quantitative estimate of drug-likeness (QED) is 0.895. The van der Waals surface area contributed by atoms with Gasteiger partial charge in [0.2, 0.25) is 0 Å². The Bertz CT molecular complexity index is 565. The molecule has 0 saturated heterocycles. The minimum Gasteiger partial charge on any atom is -0.493 e. The Morgan fingerprint density at radius 3 is 2.85 bits per heavy atom. The third-order valence-corrected chi connectivity index (χ3v) is 3.92. The minimum atomic E-state index is 0.397. The van der Waals surface area contributed by atoms with Crippen molar-refractivity contribution in [2.75, 3.05) is 13.2 Å². The topological polar surface area (TPSA) is 21.3 Å². The van der Waals surface area contributed by atoms with Gasteiger partial charge in [-0.1, -0.05) is 42.5 Å². The van der Waals surface area contributed by atoms with Crippen LogP contribution in [0.1, 0.15) is 29.7 Å². The molecule has 2 heteroatoms. The highest BCUT2D eigenvalue weighted by Gasteiger charge is 2.11. The summed E-state index contributed by atoms with van der Waals surface area (Å²) >= 11 is 0. The van der Waals surface area contributed by atoms with Crippen LogP contribution in [0.2, 0.25) is 0 Å². The summed E-state index contributed by atoms with van der Waals surface area (Å²) in [7, 11) is 0. The number of fused-ring (bicyclic) bond motifs is 1. The van der Waals surface area contributed by atoms with Gasteiger partial charge in [-0.05, 0) is 42.6 Å². The predicted molar refractivity (Wildman–Crippen MR) is 82.2 cm³/mol. The Morgan fingerprint density at radius 2 is 2.00 bits per heavy atom. The molecule has 0 saturated carbocycles. The van der Waals surface area contributed by atoms with Gasteiger partial charge in [-0.25, -0.2) is 0 Å². The van der Waals surface area contributed by atoms with E-state index in [1.54, 1.807) is 0 Å². The summed E-state index contributed by atoms with van der Waals surface area (Å²) in [6, 6.07) is 17.6. The van der Waals surface area contributed by atoms with Crippen molar-refractivity contribution in [2.45, 2.75) is 25.8 Å². The van der Waals surface area contributed by atoms with E-state index < -0.39 is 0 Å². The second-order valence-electron chi connectivity index (χ2n) is 5.38. The molecule has 0 aromatic heterocycles. The van der Waals surface area contributed by atoms with Gasteiger partial charge in [0.1, 0.15) is 5.75 Å². The summed E-state index contributed by atoms with van der Waals surface area (Å²) in [5.41, 5.74) is 4.09. The molecule has 1 heterocycles. The van der Waals surface area contributed by atoms with Crippen LogP contribution in [0.4, 0.5) is 0 Å². The van der Waals surface area contributed by atoms with Crippen LogP contribution in [-0.2, 0) is 12.8 Å². The Hall–Kier alpha value is -1.80. The van der Waals surface area contributed by atoms with Gasteiger partial charge in [0.05, 0.1) is 6.61 Å². The van der Waals surface area contributed by atoms with Crippen molar-refractivity contribution in [3.05, 3.63) is 65.2 Å². The summed E-state index contributed by atoms with van der Waals surface area (Å²) in [6.07, 6.45) is 2.11. The molecule has 0 fully saturated rings. The van der Waals surface area contributed by atoms with E-state index in [0.717, 1.165) is 31.7 Å². The van der Waals surface area contributed by atoms with E-state index in [0.29, 0.717) is 6.04 Å². The van der Waals surface area contributed by atoms with Crippen molar-refractivity contribution in [3.8, 4) is 5.75 Å². The van der Waals surface area contributed by atoms with Crippen molar-refractivity contribution in [3.63, 3.8) is 0 Å². The lowest BCUT2D eigenvalue weighted by atomic mass is 10.1. The summed E-state index contributed by atoms with van der Waals surface area (Å²) in [6.45, 7) is 4.05. The van der Waals surface area contributed by atoms with Crippen LogP contribution < -0.4 is 10.1 Å². The number of hydrogen-bond donors (Lipinski definition) is 1. The third kappa shape index (κ3) is 3.02. The van der Waals surface area contributed by atoms with E-state index in [1.165, 1.54) is 16.7 Å². The van der Waals surface area contributed by atoms with Crippen LogP contribution in [0.3, 0.4) is 0 Å². The fourth-order valence-electron chi connectivity index (χ4n) is 2.69. The molecule has 20 heavy (non-hydrogen) atoms. The van der Waals surface area contributed by atoms with Crippen LogP contribution >= 0.6 is 0 Å². The Kier molecular flexibility index (Phi) is 4.03. The highest BCUT2D eigenvalue weighted by atomic mass is 16.5. The number of hydrogen-bond acceptors (Lipinski definition) is 2. The normalized spacial score (nSPS) is 14.7. The van der Waals surface area contributed by atoms with Gasteiger partial charge in [0.25, 0.3) is 0 Å². The SMILES string of the molecule is C[C@H](NCCc1ccc2c(c1)CCO2)c1ccccc1. The standard InChI is InChI=1S/C18H21NO/c1-14(16-5-3-2-4-6-16)19-11-9-15-7-8-18-17(13-15)10-12-20-18/h2-8,13-14,19H,9-12H2,1H3/t14-/m0/s1. The molecule has 0 aliphatic carbocycles. The second kappa shape index (κ2) is 6.10. The molecule has 2 aromatic carbocycles. The fourth-order valence-corrected chi connectivity index (χ4v) is 2.69. The summed E-state index contributed by atoms with van der Waals surface area (Å²) < 4.78 is 5.54. The maximum atomic E-state index is 5.54. The Labute approximate surface area is 120 Å². The zero-order chi connectivity index (χ0) is 13.8. The Balaban J connectivity index is 1.53. The van der Waals surface area contributed by atoms with E-state index in [2.05, 4.69) is 60.8 Å². The highest BCUT2D eigenvalue weighted by molar-refractivity contribution is 5.39. The van der Waals surface area contributed by atoms with Gasteiger partial charge in [0.15, 0.2) is 0 Å². The van der Waals surface area contributed by atoms with E-state index in [9.17, 15) is 0 Å². The van der Waals surface area contributed by atoms with E-state index in [-0.39, 0.29) is 0 Å². The van der Waals surface area contributed by atoms with Crippen molar-refractivity contribution in [1.82, 2.24) is 5.32 Å². The number of nitrogens with one attached hydrogen (secondary N) is 1. The molecule has 0 spiro atoms. The smallest absolute Gasteiger partial charge is 0.122 e. The van der Waals surface area contributed by atoms with Gasteiger partial charge in [0, 0.05) is 12.5 Å². The first-order valence-electron chi connectivity index (χ1n) is 7.36. The first kappa shape index (κ1) is 13.2. The lowest BCUT2D eigenvalue weighted by molar-refractivity contribution is 0.357. The zero-order valence-electron chi connectivity index (χ0n) is 11.9. The molecule has 1 aliphatic heterocycles. The van der Waals surface area contributed by atoms with Crippen molar-refractivity contribution >= 4 is 0 Å². The van der Waals surface area contributed by atoms with Gasteiger partial charge >= 0.3 is 0 Å². The van der Waals surface area contributed by atoms with Gasteiger partial charge < -0.3 is 10.1 Å². The van der Waals surface area contributed by atoms with E-state index >= 15 is 0 Å². The Morgan fingerprint density at radius 1 is 1.15 bits per heavy atom. The fraction of sp³-hybridized carbons (Fsp3) is 0.333. The van der Waals surface area contributed by atoms with Gasteiger partial charge in [-0.2, -0.15) is 0 Å². The molecule has 1 aliphatic rings. The number of ether oxygens (including phenoxy) is 1. The van der Waals surface area contributed by atoms with E-state index in [4.69, 9.17) is 4.74 Å². The highest BCUT2D eigenvalue weighted by Crippen LogP contribution is 2.25. The van der Waals surface area contributed by atoms with Crippen LogP contribution in [0.25, 0.3) is 0 Å². The minimum absolute atomic E-state index is 0.397. The molecule has 1 N–H and O–H groups in total. The average Bonchev–Trinajstić information content (AvgIpc) is 2.95. The summed E-state index contributed by atoms with van der Waals surface area (Å²) in [5.74, 6) is 1.07. The van der Waals surface area contributed by atoms with Gasteiger partial charge in [-0.15, -0.1) is 0 Å². The predicted octanol–water partition coefficient (Wildman–Crippen LogP) is 3.51. The van der Waals surface area contributed by atoms with Crippen molar-refractivity contribution in [1.29, 1.82) is 0 Å². The maximum absolute atomic E-state index is 5.54. The number of rotatable bonds is 5. The van der Waals surface area contributed by atoms with Crippen LogP contribution in [0.15, 0.2) is 48.5 Å². The first-order chi connectivity index (χ1) is 9.83. The molecule has 0 radical (unpaired) electrons. The average molecular weight is 267 g/mol. The molecule has 0 bridgehead atoms. The number of benzene rings is 2.